The Morgan fingerprint density at radius 3 is 2.37 bits per heavy atom. The number of rotatable bonds is 1. The van der Waals surface area contributed by atoms with Gasteiger partial charge in [0.25, 0.3) is 11.8 Å². The molecule has 0 saturated carbocycles. The summed E-state index contributed by atoms with van der Waals surface area (Å²) in [7, 11) is 1.77. The van der Waals surface area contributed by atoms with Crippen LogP contribution in [0.2, 0.25) is 0 Å². The zero-order chi connectivity index (χ0) is 13.6. The second kappa shape index (κ2) is 3.88. The monoisotopic (exact) mass is 254 g/mol. The normalized spacial score (nSPS) is 13.7. The molecule has 1 aromatic heterocycles. The van der Waals surface area contributed by atoms with Crippen LogP contribution in [0.5, 0.6) is 0 Å². The molecular weight excluding hydrogens is 244 g/mol. The van der Waals surface area contributed by atoms with Crippen molar-refractivity contribution in [3.05, 3.63) is 41.6 Å². The first-order valence-corrected chi connectivity index (χ1v) is 5.63. The van der Waals surface area contributed by atoms with Gasteiger partial charge in [-0.15, -0.1) is 10.2 Å². The SMILES string of the molecule is Cn1cc2c(c1-c1ccc(N)cc1)C(=O)N=NC2=O. The first-order chi connectivity index (χ1) is 9.08. The zero-order valence-electron chi connectivity index (χ0n) is 10.1. The summed E-state index contributed by atoms with van der Waals surface area (Å²) in [5.41, 5.74) is 8.31. The van der Waals surface area contributed by atoms with E-state index < -0.39 is 11.8 Å². The summed E-state index contributed by atoms with van der Waals surface area (Å²) in [6.45, 7) is 0. The van der Waals surface area contributed by atoms with Gasteiger partial charge in [-0.3, -0.25) is 9.59 Å². The Bertz CT molecular complexity index is 726. The smallest absolute Gasteiger partial charge is 0.298 e. The van der Waals surface area contributed by atoms with Gasteiger partial charge in [-0.1, -0.05) is 12.1 Å². The van der Waals surface area contributed by atoms with Crippen LogP contribution in [0.1, 0.15) is 20.7 Å². The summed E-state index contributed by atoms with van der Waals surface area (Å²) in [5.74, 6) is -0.992. The number of aryl methyl sites for hydroxylation is 1. The van der Waals surface area contributed by atoms with Crippen molar-refractivity contribution in [3.8, 4) is 11.3 Å². The quantitative estimate of drug-likeness (QED) is 0.789. The number of hydrogen-bond donors (Lipinski definition) is 1. The van der Waals surface area contributed by atoms with Crippen molar-refractivity contribution in [3.63, 3.8) is 0 Å². The molecule has 6 nitrogen and oxygen atoms in total. The molecule has 0 aliphatic carbocycles. The van der Waals surface area contributed by atoms with Crippen LogP contribution in [-0.2, 0) is 7.05 Å². The first-order valence-electron chi connectivity index (χ1n) is 5.63. The van der Waals surface area contributed by atoms with E-state index in [1.807, 2.05) is 0 Å². The molecule has 0 unspecified atom stereocenters. The average Bonchev–Trinajstić information content (AvgIpc) is 2.74. The van der Waals surface area contributed by atoms with E-state index in [4.69, 9.17) is 5.73 Å². The fourth-order valence-corrected chi connectivity index (χ4v) is 2.19. The van der Waals surface area contributed by atoms with Gasteiger partial charge < -0.3 is 10.3 Å². The van der Waals surface area contributed by atoms with E-state index in [2.05, 4.69) is 10.2 Å². The van der Waals surface area contributed by atoms with E-state index in [1.165, 1.54) is 0 Å². The van der Waals surface area contributed by atoms with Gasteiger partial charge in [-0.2, -0.15) is 0 Å². The number of carbonyl (C=O) groups excluding carboxylic acids is 2. The Balaban J connectivity index is 2.26. The van der Waals surface area contributed by atoms with Gasteiger partial charge in [0.1, 0.15) is 0 Å². The Morgan fingerprint density at radius 1 is 1.05 bits per heavy atom. The van der Waals surface area contributed by atoms with Gasteiger partial charge >= 0.3 is 0 Å². The van der Waals surface area contributed by atoms with Gasteiger partial charge in [0.2, 0.25) is 0 Å². The number of nitrogen functional groups attached to an aromatic ring is 1. The van der Waals surface area contributed by atoms with E-state index in [0.29, 0.717) is 16.9 Å². The molecular formula is C13H10N4O2. The van der Waals surface area contributed by atoms with E-state index in [9.17, 15) is 9.59 Å². The molecule has 0 radical (unpaired) electrons. The van der Waals surface area contributed by atoms with E-state index in [-0.39, 0.29) is 5.56 Å². The third-order valence-electron chi connectivity index (χ3n) is 3.04. The fraction of sp³-hybridized carbons (Fsp3) is 0.0769. The van der Waals surface area contributed by atoms with Gasteiger partial charge in [0.15, 0.2) is 0 Å². The maximum absolute atomic E-state index is 11.9. The minimum Gasteiger partial charge on any atom is -0.399 e. The van der Waals surface area contributed by atoms with Crippen LogP contribution in [0, 0.1) is 0 Å². The van der Waals surface area contributed by atoms with Crippen LogP contribution in [0.15, 0.2) is 40.7 Å². The lowest BCUT2D eigenvalue weighted by molar-refractivity contribution is 0.0922. The molecule has 1 aliphatic heterocycles. The van der Waals surface area contributed by atoms with Crippen molar-refractivity contribution in [2.24, 2.45) is 17.3 Å². The molecule has 1 aliphatic rings. The number of aromatic nitrogens is 1. The van der Waals surface area contributed by atoms with Crippen molar-refractivity contribution in [1.82, 2.24) is 4.57 Å². The second-order valence-corrected chi connectivity index (χ2v) is 4.31. The van der Waals surface area contributed by atoms with Gasteiger partial charge in [0, 0.05) is 18.9 Å². The van der Waals surface area contributed by atoms with Crippen LogP contribution in [0.3, 0.4) is 0 Å². The molecule has 3 rings (SSSR count). The first kappa shape index (κ1) is 11.3. The fourth-order valence-electron chi connectivity index (χ4n) is 2.19. The maximum atomic E-state index is 11.9. The number of carbonyl (C=O) groups is 2. The summed E-state index contributed by atoms with van der Waals surface area (Å²) >= 11 is 0. The van der Waals surface area contributed by atoms with Gasteiger partial charge in [0.05, 0.1) is 16.8 Å². The number of nitrogens with two attached hydrogens (primary N) is 1. The molecule has 2 aromatic rings. The molecule has 0 bridgehead atoms. The average molecular weight is 254 g/mol. The molecule has 1 aromatic carbocycles. The second-order valence-electron chi connectivity index (χ2n) is 4.31. The van der Waals surface area contributed by atoms with Crippen LogP contribution in [-0.4, -0.2) is 16.4 Å². The summed E-state index contributed by atoms with van der Waals surface area (Å²) in [6.07, 6.45) is 1.60. The minimum absolute atomic E-state index is 0.286. The van der Waals surface area contributed by atoms with Crippen molar-refractivity contribution in [1.29, 1.82) is 0 Å². The zero-order valence-corrected chi connectivity index (χ0v) is 10.1. The third kappa shape index (κ3) is 1.65. The van der Waals surface area contributed by atoms with Crippen LogP contribution < -0.4 is 5.73 Å². The maximum Gasteiger partial charge on any atom is 0.298 e. The molecule has 2 amide bonds. The van der Waals surface area contributed by atoms with E-state index >= 15 is 0 Å². The standard InChI is InChI=1S/C13H10N4O2/c1-17-6-9-10(13(19)16-15-12(9)18)11(17)7-2-4-8(14)5-3-7/h2-6H,14H2,1H3. The number of azo groups is 1. The predicted molar refractivity (Wildman–Crippen MR) is 68.8 cm³/mol. The lowest BCUT2D eigenvalue weighted by Gasteiger charge is -2.07. The molecule has 0 spiro atoms. The van der Waals surface area contributed by atoms with Crippen molar-refractivity contribution < 1.29 is 9.59 Å². The Labute approximate surface area is 108 Å². The molecule has 94 valence electrons. The van der Waals surface area contributed by atoms with Gasteiger partial charge in [-0.25, -0.2) is 0 Å². The van der Waals surface area contributed by atoms with Crippen LogP contribution in [0.25, 0.3) is 11.3 Å². The Morgan fingerprint density at radius 2 is 1.68 bits per heavy atom. The number of nitrogens with zero attached hydrogens (tertiary/aromatic N) is 3. The molecule has 2 N–H and O–H groups in total. The highest BCUT2D eigenvalue weighted by Gasteiger charge is 2.29. The van der Waals surface area contributed by atoms with Crippen LogP contribution >= 0.6 is 0 Å². The van der Waals surface area contributed by atoms with Crippen molar-refractivity contribution in [2.45, 2.75) is 0 Å². The summed E-state index contributed by atoms with van der Waals surface area (Å²) in [6, 6.07) is 7.08. The van der Waals surface area contributed by atoms with E-state index in [1.54, 1.807) is 42.1 Å². The summed E-state index contributed by atoms with van der Waals surface area (Å²) < 4.78 is 1.72. The number of anilines is 1. The van der Waals surface area contributed by atoms with Crippen molar-refractivity contribution >= 4 is 17.5 Å². The highest BCUT2D eigenvalue weighted by Crippen LogP contribution is 2.31. The molecule has 2 heterocycles. The highest BCUT2D eigenvalue weighted by atomic mass is 16.2. The molecule has 0 fully saturated rings. The third-order valence-corrected chi connectivity index (χ3v) is 3.04. The molecule has 0 saturated heterocycles. The minimum atomic E-state index is -0.498. The number of fused-ring (bicyclic) bond motifs is 1. The highest BCUT2D eigenvalue weighted by molar-refractivity contribution is 6.14. The number of benzene rings is 1. The predicted octanol–water partition coefficient (Wildman–Crippen LogP) is 2.02. The largest absolute Gasteiger partial charge is 0.399 e. The number of amides is 2. The Hall–Kier alpha value is -2.76. The number of hydrogen-bond acceptors (Lipinski definition) is 3. The van der Waals surface area contributed by atoms with E-state index in [0.717, 1.165) is 5.56 Å². The summed E-state index contributed by atoms with van der Waals surface area (Å²) in [4.78, 5) is 23.5. The molecule has 6 heteroatoms. The van der Waals surface area contributed by atoms with Crippen molar-refractivity contribution in [2.75, 3.05) is 5.73 Å². The molecule has 0 atom stereocenters. The molecule has 19 heavy (non-hydrogen) atoms. The summed E-state index contributed by atoms with van der Waals surface area (Å²) in [5, 5.41) is 6.69. The Kier molecular flexibility index (Phi) is 2.31. The van der Waals surface area contributed by atoms with Gasteiger partial charge in [-0.05, 0) is 17.7 Å². The van der Waals surface area contributed by atoms with Crippen LogP contribution in [0.4, 0.5) is 5.69 Å². The topological polar surface area (TPSA) is 89.8 Å². The lowest BCUT2D eigenvalue weighted by Crippen LogP contribution is -2.09. The lowest BCUT2D eigenvalue weighted by atomic mass is 10.0.